The van der Waals surface area contributed by atoms with Crippen LogP contribution in [0.5, 0.6) is 5.75 Å². The molecule has 134 valence electrons. The van der Waals surface area contributed by atoms with Gasteiger partial charge in [0.2, 0.25) is 0 Å². The van der Waals surface area contributed by atoms with Crippen molar-refractivity contribution in [3.63, 3.8) is 0 Å². The third kappa shape index (κ3) is 3.07. The molecule has 0 fully saturated rings. The molecule has 7 heteroatoms. The maximum Gasteiger partial charge on any atom is 0.264 e. The molecule has 26 heavy (non-hydrogen) atoms. The van der Waals surface area contributed by atoms with Crippen LogP contribution in [0.1, 0.15) is 11.1 Å². The zero-order valence-electron chi connectivity index (χ0n) is 14.4. The molecule has 0 bridgehead atoms. The van der Waals surface area contributed by atoms with Crippen molar-refractivity contribution in [3.8, 4) is 5.75 Å². The van der Waals surface area contributed by atoms with Crippen LogP contribution >= 0.6 is 35.4 Å². The molecule has 1 heterocycles. The molecule has 1 aromatic heterocycles. The largest absolute Gasteiger partial charge is 0.506 e. The van der Waals surface area contributed by atoms with Crippen LogP contribution in [0.4, 0.5) is 5.69 Å². The molecule has 0 saturated carbocycles. The summed E-state index contributed by atoms with van der Waals surface area (Å²) in [5.74, 6) is -0.167. The number of pyridine rings is 1. The SMILES string of the molecule is Cc1cc(Cl)cc2c(O)c(C(=S)N(C)c3ccc(Cl)cc3)c(=O)n(C)c12. The molecule has 4 nitrogen and oxygen atoms in total. The van der Waals surface area contributed by atoms with Gasteiger partial charge in [0.1, 0.15) is 16.3 Å². The Balaban J connectivity index is 2.23. The average Bonchev–Trinajstić information content (AvgIpc) is 2.59. The minimum absolute atomic E-state index is 0.0640. The minimum atomic E-state index is -0.369. The fourth-order valence-corrected chi connectivity index (χ4v) is 3.70. The first-order valence-electron chi connectivity index (χ1n) is 7.77. The molecule has 2 aromatic carbocycles. The highest BCUT2D eigenvalue weighted by Crippen LogP contribution is 2.32. The summed E-state index contributed by atoms with van der Waals surface area (Å²) in [6.07, 6.45) is 0. The number of nitrogens with zero attached hydrogens (tertiary/aromatic N) is 2. The summed E-state index contributed by atoms with van der Waals surface area (Å²) in [5, 5.41) is 12.4. The Bertz CT molecular complexity index is 1090. The highest BCUT2D eigenvalue weighted by molar-refractivity contribution is 7.81. The van der Waals surface area contributed by atoms with Gasteiger partial charge < -0.3 is 14.6 Å². The zero-order chi connectivity index (χ0) is 19.2. The van der Waals surface area contributed by atoms with Gasteiger partial charge in [0.05, 0.1) is 5.52 Å². The molecule has 0 aliphatic carbocycles. The first kappa shape index (κ1) is 18.7. The highest BCUT2D eigenvalue weighted by Gasteiger charge is 2.22. The standard InChI is InChI=1S/C19H16Cl2N2O2S/c1-10-8-12(21)9-14-16(10)23(3)18(25)15(17(14)24)19(26)22(2)13-6-4-11(20)5-7-13/h4-9,24H,1-3H3. The molecule has 0 aliphatic rings. The van der Waals surface area contributed by atoms with Crippen molar-refractivity contribution in [1.29, 1.82) is 0 Å². The van der Waals surface area contributed by atoms with Gasteiger partial charge in [-0.05, 0) is 48.9 Å². The molecule has 0 aliphatic heterocycles. The molecule has 0 radical (unpaired) electrons. The van der Waals surface area contributed by atoms with Gasteiger partial charge in [0.25, 0.3) is 5.56 Å². The lowest BCUT2D eigenvalue weighted by Crippen LogP contribution is -2.33. The van der Waals surface area contributed by atoms with Crippen molar-refractivity contribution >= 4 is 57.0 Å². The Morgan fingerprint density at radius 3 is 2.38 bits per heavy atom. The minimum Gasteiger partial charge on any atom is -0.506 e. The van der Waals surface area contributed by atoms with Crippen LogP contribution < -0.4 is 10.5 Å². The maximum absolute atomic E-state index is 12.9. The summed E-state index contributed by atoms with van der Waals surface area (Å²) in [4.78, 5) is 14.8. The Hall–Kier alpha value is -2.08. The van der Waals surface area contributed by atoms with E-state index in [-0.39, 0.29) is 21.9 Å². The van der Waals surface area contributed by atoms with E-state index < -0.39 is 0 Å². The van der Waals surface area contributed by atoms with Crippen LogP contribution in [0.25, 0.3) is 10.9 Å². The monoisotopic (exact) mass is 406 g/mol. The number of rotatable bonds is 2. The number of aromatic hydroxyl groups is 1. The third-order valence-corrected chi connectivity index (χ3v) is 5.29. The van der Waals surface area contributed by atoms with E-state index in [1.54, 1.807) is 55.4 Å². The predicted octanol–water partition coefficient (Wildman–Crippen LogP) is 4.67. The van der Waals surface area contributed by atoms with Crippen molar-refractivity contribution in [2.24, 2.45) is 7.05 Å². The number of aryl methyl sites for hydroxylation is 2. The number of anilines is 1. The second-order valence-electron chi connectivity index (χ2n) is 6.05. The van der Waals surface area contributed by atoms with Crippen LogP contribution in [-0.4, -0.2) is 21.7 Å². The number of fused-ring (bicyclic) bond motifs is 1. The predicted molar refractivity (Wildman–Crippen MR) is 112 cm³/mol. The van der Waals surface area contributed by atoms with E-state index in [0.717, 1.165) is 11.3 Å². The first-order valence-corrected chi connectivity index (χ1v) is 8.94. The summed E-state index contributed by atoms with van der Waals surface area (Å²) >= 11 is 17.6. The highest BCUT2D eigenvalue weighted by atomic mass is 35.5. The van der Waals surface area contributed by atoms with Gasteiger partial charge >= 0.3 is 0 Å². The summed E-state index contributed by atoms with van der Waals surface area (Å²) in [7, 11) is 3.39. The van der Waals surface area contributed by atoms with E-state index in [2.05, 4.69) is 0 Å². The number of halogens is 2. The van der Waals surface area contributed by atoms with Crippen LogP contribution in [0, 0.1) is 6.92 Å². The summed E-state index contributed by atoms with van der Waals surface area (Å²) in [6.45, 7) is 1.84. The van der Waals surface area contributed by atoms with E-state index in [0.29, 0.717) is 20.9 Å². The van der Waals surface area contributed by atoms with Gasteiger partial charge in [0.15, 0.2) is 0 Å². The topological polar surface area (TPSA) is 45.5 Å². The molecule has 0 unspecified atom stereocenters. The van der Waals surface area contributed by atoms with Gasteiger partial charge in [-0.15, -0.1) is 0 Å². The molecule has 0 amide bonds. The molecular weight excluding hydrogens is 391 g/mol. The van der Waals surface area contributed by atoms with Crippen molar-refractivity contribution in [3.05, 3.63) is 67.9 Å². The van der Waals surface area contributed by atoms with Crippen LogP contribution in [-0.2, 0) is 7.05 Å². The second-order valence-corrected chi connectivity index (χ2v) is 7.31. The van der Waals surface area contributed by atoms with Crippen molar-refractivity contribution < 1.29 is 5.11 Å². The third-order valence-electron chi connectivity index (χ3n) is 4.34. The van der Waals surface area contributed by atoms with E-state index in [4.69, 9.17) is 35.4 Å². The number of benzene rings is 2. The van der Waals surface area contributed by atoms with E-state index in [1.165, 1.54) is 4.57 Å². The van der Waals surface area contributed by atoms with Gasteiger partial charge in [-0.2, -0.15) is 0 Å². The molecule has 3 aromatic rings. The van der Waals surface area contributed by atoms with Gasteiger partial charge in [-0.25, -0.2) is 0 Å². The number of thiocarbonyl (C=S) groups is 1. The second kappa shape index (κ2) is 6.91. The van der Waals surface area contributed by atoms with Crippen molar-refractivity contribution in [1.82, 2.24) is 4.57 Å². The average molecular weight is 407 g/mol. The molecule has 0 spiro atoms. The van der Waals surface area contributed by atoms with Crippen molar-refractivity contribution in [2.75, 3.05) is 11.9 Å². The lowest BCUT2D eigenvalue weighted by atomic mass is 10.1. The quantitative estimate of drug-likeness (QED) is 0.627. The van der Waals surface area contributed by atoms with Crippen molar-refractivity contribution in [2.45, 2.75) is 6.92 Å². The normalized spacial score (nSPS) is 11.0. The smallest absolute Gasteiger partial charge is 0.264 e. The van der Waals surface area contributed by atoms with E-state index in [9.17, 15) is 9.90 Å². The van der Waals surface area contributed by atoms with Gasteiger partial charge in [0, 0.05) is 35.2 Å². The van der Waals surface area contributed by atoms with E-state index >= 15 is 0 Å². The Morgan fingerprint density at radius 1 is 1.15 bits per heavy atom. The van der Waals surface area contributed by atoms with Gasteiger partial charge in [-0.3, -0.25) is 4.79 Å². The lowest BCUT2D eigenvalue weighted by Gasteiger charge is -2.22. The lowest BCUT2D eigenvalue weighted by molar-refractivity contribution is 0.478. The fourth-order valence-electron chi connectivity index (χ4n) is 3.01. The number of hydrogen-bond donors (Lipinski definition) is 1. The van der Waals surface area contributed by atoms with Gasteiger partial charge in [-0.1, -0.05) is 35.4 Å². The van der Waals surface area contributed by atoms with Crippen LogP contribution in [0.3, 0.4) is 0 Å². The Kier molecular flexibility index (Phi) is 4.97. The summed E-state index contributed by atoms with van der Waals surface area (Å²) in [5.41, 5.74) is 1.87. The fraction of sp³-hybridized carbons (Fsp3) is 0.158. The number of hydrogen-bond acceptors (Lipinski definition) is 3. The van der Waals surface area contributed by atoms with E-state index in [1.807, 2.05) is 6.92 Å². The Labute approximate surface area is 166 Å². The molecular formula is C19H16Cl2N2O2S. The Morgan fingerprint density at radius 2 is 1.77 bits per heavy atom. The summed E-state index contributed by atoms with van der Waals surface area (Å²) in [6, 6.07) is 10.4. The first-order chi connectivity index (χ1) is 12.2. The zero-order valence-corrected chi connectivity index (χ0v) is 16.7. The molecule has 1 N–H and O–H groups in total. The van der Waals surface area contributed by atoms with Crippen LogP contribution in [0.15, 0.2) is 41.2 Å². The molecule has 0 atom stereocenters. The van der Waals surface area contributed by atoms with Crippen LogP contribution in [0.2, 0.25) is 10.0 Å². The maximum atomic E-state index is 12.9. The number of aromatic nitrogens is 1. The summed E-state index contributed by atoms with van der Waals surface area (Å²) < 4.78 is 1.48. The molecule has 3 rings (SSSR count). The molecule has 0 saturated heterocycles.